The van der Waals surface area contributed by atoms with E-state index in [1.54, 1.807) is 24.3 Å². The fourth-order valence-corrected chi connectivity index (χ4v) is 2.86. The first-order valence-electron chi connectivity index (χ1n) is 7.27. The van der Waals surface area contributed by atoms with E-state index in [2.05, 4.69) is 0 Å². The summed E-state index contributed by atoms with van der Waals surface area (Å²) in [6.07, 6.45) is 5.86. The van der Waals surface area contributed by atoms with Gasteiger partial charge in [0.2, 0.25) is 5.78 Å². The van der Waals surface area contributed by atoms with Crippen molar-refractivity contribution in [2.45, 2.75) is 38.2 Å². The number of carbonyl (C=O) groups excluding carboxylic acids is 3. The highest BCUT2D eigenvalue weighted by atomic mass is 16.5. The molecule has 1 saturated carbocycles. The Bertz CT molecular complexity index is 636. The van der Waals surface area contributed by atoms with E-state index in [-0.39, 0.29) is 23.0 Å². The average molecular weight is 284 g/mol. The van der Waals surface area contributed by atoms with Crippen molar-refractivity contribution in [3.63, 3.8) is 0 Å². The van der Waals surface area contributed by atoms with Crippen molar-refractivity contribution in [1.82, 2.24) is 0 Å². The van der Waals surface area contributed by atoms with Crippen molar-refractivity contribution < 1.29 is 19.1 Å². The predicted molar refractivity (Wildman–Crippen MR) is 76.2 cm³/mol. The first kappa shape index (κ1) is 13.7. The smallest absolute Gasteiger partial charge is 0.342 e. The molecule has 0 radical (unpaired) electrons. The van der Waals surface area contributed by atoms with Crippen LogP contribution in [0.25, 0.3) is 0 Å². The zero-order chi connectivity index (χ0) is 14.8. The Labute approximate surface area is 122 Å². The summed E-state index contributed by atoms with van der Waals surface area (Å²) in [5, 5.41) is 0. The highest BCUT2D eigenvalue weighted by Gasteiger charge is 2.31. The molecule has 2 aliphatic rings. The minimum atomic E-state index is -0.672. The number of allylic oxidation sites excluding steroid dienone is 1. The molecule has 1 fully saturated rings. The summed E-state index contributed by atoms with van der Waals surface area (Å²) in [7, 11) is 0. The van der Waals surface area contributed by atoms with Crippen molar-refractivity contribution >= 4 is 17.5 Å². The molecule has 0 aliphatic heterocycles. The lowest BCUT2D eigenvalue weighted by atomic mass is 9.89. The van der Waals surface area contributed by atoms with E-state index in [1.807, 2.05) is 0 Å². The van der Waals surface area contributed by atoms with Crippen LogP contribution >= 0.6 is 0 Å². The predicted octanol–water partition coefficient (Wildman–Crippen LogP) is 2.87. The highest BCUT2D eigenvalue weighted by Crippen LogP contribution is 2.25. The Hall–Kier alpha value is -2.23. The van der Waals surface area contributed by atoms with Gasteiger partial charge < -0.3 is 4.74 Å². The maximum absolute atomic E-state index is 12.3. The lowest BCUT2D eigenvalue weighted by Gasteiger charge is -2.23. The molecule has 1 aromatic rings. The normalized spacial score (nSPS) is 19.0. The Morgan fingerprint density at radius 3 is 2.38 bits per heavy atom. The molecule has 0 aromatic heterocycles. The molecule has 0 amide bonds. The molecule has 2 aliphatic carbocycles. The maximum atomic E-state index is 12.3. The number of Topliss-reactive ketones (excluding diaryl/α,β-unsaturated/α-hetero) is 1. The SMILES string of the molecule is O=C(OC1CCCCC1)C1=CC(=O)c2ccccc2C1=O. The second kappa shape index (κ2) is 5.64. The van der Waals surface area contributed by atoms with Crippen LogP contribution in [0.15, 0.2) is 35.9 Å². The number of benzene rings is 1. The van der Waals surface area contributed by atoms with Crippen LogP contribution in [0, 0.1) is 0 Å². The fraction of sp³-hybridized carbons (Fsp3) is 0.353. The van der Waals surface area contributed by atoms with Crippen LogP contribution in [-0.2, 0) is 9.53 Å². The molecule has 21 heavy (non-hydrogen) atoms. The Kier molecular flexibility index (Phi) is 3.69. The van der Waals surface area contributed by atoms with Gasteiger partial charge in [-0.15, -0.1) is 0 Å². The van der Waals surface area contributed by atoms with E-state index < -0.39 is 11.8 Å². The summed E-state index contributed by atoms with van der Waals surface area (Å²) in [6, 6.07) is 6.54. The number of ether oxygens (including phenoxy) is 1. The minimum Gasteiger partial charge on any atom is -0.459 e. The first-order valence-corrected chi connectivity index (χ1v) is 7.27. The van der Waals surface area contributed by atoms with Crippen molar-refractivity contribution in [2.75, 3.05) is 0 Å². The molecule has 0 unspecified atom stereocenters. The van der Waals surface area contributed by atoms with Crippen LogP contribution in [-0.4, -0.2) is 23.6 Å². The maximum Gasteiger partial charge on any atom is 0.342 e. The van der Waals surface area contributed by atoms with Crippen LogP contribution in [0.1, 0.15) is 52.8 Å². The second-order valence-electron chi connectivity index (χ2n) is 5.46. The monoisotopic (exact) mass is 284 g/mol. The average Bonchev–Trinajstić information content (AvgIpc) is 2.52. The molecule has 4 heteroatoms. The summed E-state index contributed by atoms with van der Waals surface area (Å²) in [5.74, 6) is -1.42. The molecule has 0 spiro atoms. The molecular formula is C17H16O4. The number of hydrogen-bond donors (Lipinski definition) is 0. The van der Waals surface area contributed by atoms with E-state index in [0.717, 1.165) is 38.2 Å². The zero-order valence-corrected chi connectivity index (χ0v) is 11.6. The van der Waals surface area contributed by atoms with Gasteiger partial charge in [0.1, 0.15) is 11.7 Å². The lowest BCUT2D eigenvalue weighted by Crippen LogP contribution is -2.27. The summed E-state index contributed by atoms with van der Waals surface area (Å²) in [5.41, 5.74) is 0.474. The van der Waals surface area contributed by atoms with Crippen LogP contribution in [0.4, 0.5) is 0 Å². The number of hydrogen-bond acceptors (Lipinski definition) is 4. The Morgan fingerprint density at radius 2 is 1.67 bits per heavy atom. The van der Waals surface area contributed by atoms with E-state index in [1.165, 1.54) is 0 Å². The molecule has 0 heterocycles. The number of rotatable bonds is 2. The van der Waals surface area contributed by atoms with Gasteiger partial charge in [-0.1, -0.05) is 30.7 Å². The van der Waals surface area contributed by atoms with Crippen molar-refractivity contribution in [2.24, 2.45) is 0 Å². The van der Waals surface area contributed by atoms with Crippen molar-refractivity contribution in [3.05, 3.63) is 47.0 Å². The standard InChI is InChI=1S/C17H16O4/c18-15-10-14(16(19)13-9-5-4-8-12(13)15)17(20)21-11-6-2-1-3-7-11/h4-5,8-11H,1-3,6-7H2. The van der Waals surface area contributed by atoms with Gasteiger partial charge >= 0.3 is 5.97 Å². The third-order valence-corrected chi connectivity index (χ3v) is 4.00. The number of ketones is 2. The largest absolute Gasteiger partial charge is 0.459 e. The Balaban J connectivity index is 1.81. The van der Waals surface area contributed by atoms with E-state index in [0.29, 0.717) is 5.56 Å². The van der Waals surface area contributed by atoms with Gasteiger partial charge in [0.15, 0.2) is 5.78 Å². The molecular weight excluding hydrogens is 268 g/mol. The number of carbonyl (C=O) groups is 3. The molecule has 108 valence electrons. The lowest BCUT2D eigenvalue weighted by molar-refractivity contribution is -0.145. The van der Waals surface area contributed by atoms with Gasteiger partial charge in [0.05, 0.1) is 0 Å². The van der Waals surface area contributed by atoms with E-state index in [4.69, 9.17) is 4.74 Å². The van der Waals surface area contributed by atoms with Crippen LogP contribution < -0.4 is 0 Å². The van der Waals surface area contributed by atoms with Crippen molar-refractivity contribution in [3.8, 4) is 0 Å². The minimum absolute atomic E-state index is 0.132. The summed E-state index contributed by atoms with van der Waals surface area (Å²) < 4.78 is 5.38. The first-order chi connectivity index (χ1) is 10.2. The van der Waals surface area contributed by atoms with Crippen molar-refractivity contribution in [1.29, 1.82) is 0 Å². The zero-order valence-electron chi connectivity index (χ0n) is 11.6. The molecule has 3 rings (SSSR count). The van der Waals surface area contributed by atoms with Gasteiger partial charge in [-0.25, -0.2) is 4.79 Å². The van der Waals surface area contributed by atoms with E-state index >= 15 is 0 Å². The third kappa shape index (κ3) is 2.66. The van der Waals surface area contributed by atoms with Gasteiger partial charge in [0.25, 0.3) is 0 Å². The third-order valence-electron chi connectivity index (χ3n) is 4.00. The molecule has 0 atom stereocenters. The topological polar surface area (TPSA) is 60.4 Å². The van der Waals surface area contributed by atoms with E-state index in [9.17, 15) is 14.4 Å². The van der Waals surface area contributed by atoms with Crippen LogP contribution in [0.5, 0.6) is 0 Å². The fourth-order valence-electron chi connectivity index (χ4n) is 2.86. The molecule has 1 aromatic carbocycles. The summed E-state index contributed by atoms with van der Waals surface area (Å²) in [4.78, 5) is 36.5. The van der Waals surface area contributed by atoms with Gasteiger partial charge in [-0.05, 0) is 25.7 Å². The highest BCUT2D eigenvalue weighted by molar-refractivity contribution is 6.33. The number of fused-ring (bicyclic) bond motifs is 1. The second-order valence-corrected chi connectivity index (χ2v) is 5.46. The molecule has 0 saturated heterocycles. The quantitative estimate of drug-likeness (QED) is 0.619. The summed E-state index contributed by atoms with van der Waals surface area (Å²) in [6.45, 7) is 0. The Morgan fingerprint density at radius 1 is 1.00 bits per heavy atom. The van der Waals surface area contributed by atoms with Gasteiger partial charge in [0, 0.05) is 17.2 Å². The van der Waals surface area contributed by atoms with Gasteiger partial charge in [-0.2, -0.15) is 0 Å². The van der Waals surface area contributed by atoms with Crippen LogP contribution in [0.3, 0.4) is 0 Å². The molecule has 4 nitrogen and oxygen atoms in total. The molecule has 0 bridgehead atoms. The van der Waals surface area contributed by atoms with Crippen LogP contribution in [0.2, 0.25) is 0 Å². The van der Waals surface area contributed by atoms with Gasteiger partial charge in [-0.3, -0.25) is 9.59 Å². The molecule has 0 N–H and O–H groups in total. The number of esters is 1. The summed E-state index contributed by atoms with van der Waals surface area (Å²) >= 11 is 0.